The molecule has 1 unspecified atom stereocenters. The van der Waals surface area contributed by atoms with Gasteiger partial charge in [-0.15, -0.1) is 0 Å². The molecular formula is C24H30N2O5. The van der Waals surface area contributed by atoms with E-state index >= 15 is 0 Å². The van der Waals surface area contributed by atoms with Gasteiger partial charge in [0.1, 0.15) is 5.75 Å². The first-order valence-electron chi connectivity index (χ1n) is 10.3. The van der Waals surface area contributed by atoms with Crippen molar-refractivity contribution in [3.63, 3.8) is 0 Å². The van der Waals surface area contributed by atoms with Gasteiger partial charge in [-0.05, 0) is 37.1 Å². The molecule has 2 aromatic carbocycles. The first-order valence-corrected chi connectivity index (χ1v) is 10.3. The maximum Gasteiger partial charge on any atom is 0.258 e. The second kappa shape index (κ2) is 10.2. The van der Waals surface area contributed by atoms with Crippen LogP contribution in [-0.2, 0) is 6.42 Å². The molecule has 0 saturated carbocycles. The normalized spacial score (nSPS) is 15.1. The molecule has 0 aliphatic carbocycles. The topological polar surface area (TPSA) is 83.3 Å². The van der Waals surface area contributed by atoms with E-state index in [1.807, 2.05) is 36.4 Å². The average Bonchev–Trinajstić information content (AvgIpc) is 3.28. The van der Waals surface area contributed by atoms with Crippen LogP contribution in [0.3, 0.4) is 0 Å². The molecule has 0 radical (unpaired) electrons. The molecule has 7 heteroatoms. The molecule has 1 aliphatic rings. The number of methoxy groups -OCH3 is 3. The molecule has 1 atom stereocenters. The Hall–Kier alpha value is -3.19. The number of hydrogen-bond donors (Lipinski definition) is 1. The Morgan fingerprint density at radius 3 is 2.32 bits per heavy atom. The lowest BCUT2D eigenvalue weighted by Gasteiger charge is -2.26. The molecule has 2 N–H and O–H groups in total. The molecule has 0 bridgehead atoms. The van der Waals surface area contributed by atoms with E-state index in [1.54, 1.807) is 11.0 Å². The minimum atomic E-state index is -0.155. The highest BCUT2D eigenvalue weighted by Gasteiger charge is 2.31. The summed E-state index contributed by atoms with van der Waals surface area (Å²) in [6.45, 7) is 3.18. The smallest absolute Gasteiger partial charge is 0.258 e. The molecule has 0 aromatic heterocycles. The van der Waals surface area contributed by atoms with Crippen molar-refractivity contribution in [2.45, 2.75) is 25.8 Å². The lowest BCUT2D eigenvalue weighted by Crippen LogP contribution is -2.35. The van der Waals surface area contributed by atoms with Crippen molar-refractivity contribution in [1.29, 1.82) is 0 Å². The Morgan fingerprint density at radius 2 is 1.74 bits per heavy atom. The van der Waals surface area contributed by atoms with Crippen molar-refractivity contribution < 1.29 is 23.7 Å². The zero-order valence-corrected chi connectivity index (χ0v) is 18.5. The second-order valence-corrected chi connectivity index (χ2v) is 7.17. The summed E-state index contributed by atoms with van der Waals surface area (Å²) >= 11 is 0. The minimum Gasteiger partial charge on any atom is -0.492 e. The monoisotopic (exact) mass is 426 g/mol. The maximum absolute atomic E-state index is 13.4. The highest BCUT2D eigenvalue weighted by molar-refractivity contribution is 5.99. The summed E-state index contributed by atoms with van der Waals surface area (Å²) in [6.07, 6.45) is 5.67. The van der Waals surface area contributed by atoms with Crippen molar-refractivity contribution in [3.8, 4) is 28.7 Å². The van der Waals surface area contributed by atoms with E-state index in [0.29, 0.717) is 47.4 Å². The van der Waals surface area contributed by atoms with E-state index in [0.717, 1.165) is 18.4 Å². The van der Waals surface area contributed by atoms with Crippen molar-refractivity contribution in [3.05, 3.63) is 53.6 Å². The van der Waals surface area contributed by atoms with Crippen LogP contribution in [0.1, 0.15) is 29.3 Å². The highest BCUT2D eigenvalue weighted by atomic mass is 16.5. The molecule has 31 heavy (non-hydrogen) atoms. The molecule has 3 rings (SSSR count). The summed E-state index contributed by atoms with van der Waals surface area (Å²) in [5, 5.41) is 0. The SMILES string of the molecule is CCC1C=CCN1C(=O)c1cc(Oc2ccc(CCN)cc2)c(OC)c(OC)c1OC. The Balaban J connectivity index is 2.04. The number of rotatable bonds is 9. The number of benzene rings is 2. The first kappa shape index (κ1) is 22.5. The van der Waals surface area contributed by atoms with Crippen LogP contribution in [0, 0.1) is 0 Å². The van der Waals surface area contributed by atoms with E-state index in [-0.39, 0.29) is 11.9 Å². The Kier molecular flexibility index (Phi) is 7.41. The van der Waals surface area contributed by atoms with Gasteiger partial charge in [0.2, 0.25) is 11.5 Å². The van der Waals surface area contributed by atoms with Crippen LogP contribution < -0.4 is 24.7 Å². The summed E-state index contributed by atoms with van der Waals surface area (Å²) in [6, 6.07) is 9.35. The van der Waals surface area contributed by atoms with Gasteiger partial charge in [0.15, 0.2) is 11.5 Å². The minimum absolute atomic E-state index is 0.0461. The molecule has 1 amide bonds. The fourth-order valence-corrected chi connectivity index (χ4v) is 3.75. The Morgan fingerprint density at radius 1 is 1.06 bits per heavy atom. The number of amides is 1. The Labute approximate surface area is 183 Å². The van der Waals surface area contributed by atoms with Crippen LogP contribution in [0.5, 0.6) is 28.7 Å². The standard InChI is InChI=1S/C24H30N2O5/c1-5-17-7-6-14-26(17)24(27)19-15-20(22(29-3)23(30-4)21(19)28-2)31-18-10-8-16(9-11-18)12-13-25/h6-11,15,17H,5,12-14,25H2,1-4H3. The van der Waals surface area contributed by atoms with Crippen LogP contribution in [0.2, 0.25) is 0 Å². The third-order valence-electron chi connectivity index (χ3n) is 5.32. The molecule has 1 aliphatic heterocycles. The van der Waals surface area contributed by atoms with Crippen LogP contribution in [0.4, 0.5) is 0 Å². The summed E-state index contributed by atoms with van der Waals surface area (Å²) < 4.78 is 22.8. The quantitative estimate of drug-likeness (QED) is 0.614. The average molecular weight is 427 g/mol. The van der Waals surface area contributed by atoms with Gasteiger partial charge >= 0.3 is 0 Å². The van der Waals surface area contributed by atoms with Crippen molar-refractivity contribution in [2.24, 2.45) is 5.73 Å². The second-order valence-electron chi connectivity index (χ2n) is 7.17. The Bertz CT molecular complexity index is 940. The molecule has 1 heterocycles. The zero-order valence-electron chi connectivity index (χ0n) is 18.5. The van der Waals surface area contributed by atoms with Gasteiger partial charge in [0, 0.05) is 12.6 Å². The maximum atomic E-state index is 13.4. The van der Waals surface area contributed by atoms with Crippen LogP contribution in [0.25, 0.3) is 0 Å². The number of ether oxygens (including phenoxy) is 4. The van der Waals surface area contributed by atoms with Crippen molar-refractivity contribution in [1.82, 2.24) is 4.90 Å². The number of carbonyl (C=O) groups is 1. The third kappa shape index (κ3) is 4.61. The summed E-state index contributed by atoms with van der Waals surface area (Å²) in [7, 11) is 4.53. The van der Waals surface area contributed by atoms with Crippen LogP contribution >= 0.6 is 0 Å². The van der Waals surface area contributed by atoms with Gasteiger partial charge in [-0.25, -0.2) is 0 Å². The molecule has 7 nitrogen and oxygen atoms in total. The van der Waals surface area contributed by atoms with E-state index < -0.39 is 0 Å². The van der Waals surface area contributed by atoms with Gasteiger partial charge in [-0.1, -0.05) is 31.2 Å². The first-order chi connectivity index (χ1) is 15.1. The lowest BCUT2D eigenvalue weighted by atomic mass is 10.1. The highest BCUT2D eigenvalue weighted by Crippen LogP contribution is 2.48. The van der Waals surface area contributed by atoms with Gasteiger partial charge in [-0.3, -0.25) is 4.79 Å². The van der Waals surface area contributed by atoms with E-state index in [1.165, 1.54) is 21.3 Å². The van der Waals surface area contributed by atoms with Gasteiger partial charge in [0.25, 0.3) is 5.91 Å². The number of nitrogens with zero attached hydrogens (tertiary/aromatic N) is 1. The van der Waals surface area contributed by atoms with E-state index in [9.17, 15) is 4.79 Å². The van der Waals surface area contributed by atoms with Gasteiger partial charge in [-0.2, -0.15) is 0 Å². The third-order valence-corrected chi connectivity index (χ3v) is 5.32. The predicted octanol–water partition coefficient (Wildman–Crippen LogP) is 3.80. The predicted molar refractivity (Wildman–Crippen MR) is 120 cm³/mol. The summed E-state index contributed by atoms with van der Waals surface area (Å²) in [5.74, 6) is 1.81. The number of carbonyl (C=O) groups excluding carboxylic acids is 1. The molecule has 0 spiro atoms. The molecular weight excluding hydrogens is 396 g/mol. The summed E-state index contributed by atoms with van der Waals surface area (Å²) in [5.41, 5.74) is 7.10. The lowest BCUT2D eigenvalue weighted by molar-refractivity contribution is 0.0743. The number of hydrogen-bond acceptors (Lipinski definition) is 6. The molecule has 166 valence electrons. The summed E-state index contributed by atoms with van der Waals surface area (Å²) in [4.78, 5) is 15.2. The number of nitrogens with two attached hydrogens (primary N) is 1. The molecule has 0 saturated heterocycles. The van der Waals surface area contributed by atoms with Crippen LogP contribution in [0.15, 0.2) is 42.5 Å². The van der Waals surface area contributed by atoms with Crippen molar-refractivity contribution in [2.75, 3.05) is 34.4 Å². The van der Waals surface area contributed by atoms with E-state index in [4.69, 9.17) is 24.7 Å². The van der Waals surface area contributed by atoms with Gasteiger partial charge in [0.05, 0.1) is 32.9 Å². The fourth-order valence-electron chi connectivity index (χ4n) is 3.75. The van der Waals surface area contributed by atoms with Crippen molar-refractivity contribution >= 4 is 5.91 Å². The zero-order chi connectivity index (χ0) is 22.4. The van der Waals surface area contributed by atoms with E-state index in [2.05, 4.69) is 6.92 Å². The fraction of sp³-hybridized carbons (Fsp3) is 0.375. The molecule has 0 fully saturated rings. The van der Waals surface area contributed by atoms with Gasteiger partial charge < -0.3 is 29.6 Å². The van der Waals surface area contributed by atoms with Crippen LogP contribution in [-0.4, -0.2) is 51.3 Å². The largest absolute Gasteiger partial charge is 0.492 e. The molecule has 2 aromatic rings.